The molecule has 0 aliphatic heterocycles. The molecule has 0 spiro atoms. The zero-order valence-corrected chi connectivity index (χ0v) is 10.4. The van der Waals surface area contributed by atoms with Gasteiger partial charge in [-0.25, -0.2) is 4.21 Å². The average molecular weight is 294 g/mol. The molecule has 0 aliphatic carbocycles. The Bertz CT molecular complexity index is 506. The van der Waals surface area contributed by atoms with E-state index in [4.69, 9.17) is 16.2 Å². The second-order valence-corrected chi connectivity index (χ2v) is 4.33. The molecule has 0 radical (unpaired) electrons. The van der Waals surface area contributed by atoms with Crippen molar-refractivity contribution in [2.45, 2.75) is 5.75 Å². The number of nitrogens with zero attached hydrogens (tertiary/aromatic N) is 1. The van der Waals surface area contributed by atoms with Gasteiger partial charge < -0.3 is 9.29 Å². The lowest BCUT2D eigenvalue weighted by atomic mass is 10.2. The molecule has 7 nitrogen and oxygen atoms in total. The van der Waals surface area contributed by atoms with Crippen LogP contribution in [0.1, 0.15) is 5.56 Å². The minimum absolute atomic E-state index is 0.245. The molecular weight excluding hydrogens is 286 g/mol. The summed E-state index contributed by atoms with van der Waals surface area (Å²) >= 11 is 3.11. The molecule has 0 saturated carbocycles. The molecule has 1 rings (SSSR count). The maximum Gasteiger partial charge on any atom is 0.326 e. The summed E-state index contributed by atoms with van der Waals surface area (Å²) in [5.41, 5.74) is -0.176. The molecule has 0 aliphatic rings. The minimum Gasteiger partial charge on any atom is -0.418 e. The fourth-order valence-electron chi connectivity index (χ4n) is 1.17. The molecule has 0 saturated heterocycles. The third-order valence-corrected chi connectivity index (χ3v) is 2.64. The molecule has 18 heavy (non-hydrogen) atoms. The van der Waals surface area contributed by atoms with Gasteiger partial charge in [-0.05, 0) is 11.6 Å². The molecule has 1 atom stereocenters. The number of ether oxygens (including phenoxy) is 1. The number of halogens is 1. The Morgan fingerprint density at radius 3 is 2.72 bits per heavy atom. The Kier molecular flexibility index (Phi) is 5.20. The summed E-state index contributed by atoms with van der Waals surface area (Å²) < 4.78 is 24.0. The van der Waals surface area contributed by atoms with E-state index < -0.39 is 33.5 Å². The highest BCUT2D eigenvalue weighted by Gasteiger charge is 2.18. The molecule has 1 unspecified atom stereocenters. The van der Waals surface area contributed by atoms with Gasteiger partial charge >= 0.3 is 11.7 Å². The Labute approximate surface area is 109 Å². The second-order valence-electron chi connectivity index (χ2n) is 3.13. The zero-order valence-electron chi connectivity index (χ0n) is 8.87. The van der Waals surface area contributed by atoms with Crippen LogP contribution >= 0.6 is 11.6 Å². The summed E-state index contributed by atoms with van der Waals surface area (Å²) in [6.07, 6.45) is 0. The van der Waals surface area contributed by atoms with Gasteiger partial charge in [0, 0.05) is 6.07 Å². The topological polar surface area (TPSA) is 107 Å². The Balaban J connectivity index is 3.08. The van der Waals surface area contributed by atoms with Crippen LogP contribution in [-0.4, -0.2) is 25.5 Å². The predicted octanol–water partition coefficient (Wildman–Crippen LogP) is 1.46. The van der Waals surface area contributed by atoms with E-state index in [0.29, 0.717) is 0 Å². The van der Waals surface area contributed by atoms with Gasteiger partial charge in [0.25, 0.3) is 0 Å². The molecular formula is C9H8ClNO6S. The van der Waals surface area contributed by atoms with E-state index in [1.807, 2.05) is 0 Å². The molecule has 0 fully saturated rings. The number of esters is 1. The van der Waals surface area contributed by atoms with E-state index in [2.05, 4.69) is 4.74 Å². The number of hydrogen-bond donors (Lipinski definition) is 1. The molecule has 1 N–H and O–H groups in total. The van der Waals surface area contributed by atoms with Crippen LogP contribution in [0.2, 0.25) is 0 Å². The fourth-order valence-corrected chi connectivity index (χ4v) is 1.69. The van der Waals surface area contributed by atoms with E-state index in [0.717, 1.165) is 6.07 Å². The number of benzene rings is 1. The summed E-state index contributed by atoms with van der Waals surface area (Å²) in [5.74, 6) is -1.75. The summed E-state index contributed by atoms with van der Waals surface area (Å²) in [7, 11) is 0. The van der Waals surface area contributed by atoms with Crippen LogP contribution in [-0.2, 0) is 21.6 Å². The Morgan fingerprint density at radius 1 is 1.56 bits per heavy atom. The van der Waals surface area contributed by atoms with Gasteiger partial charge in [-0.2, -0.15) is 0 Å². The van der Waals surface area contributed by atoms with Crippen molar-refractivity contribution in [2.24, 2.45) is 0 Å². The Morgan fingerprint density at radius 2 is 2.22 bits per heavy atom. The van der Waals surface area contributed by atoms with E-state index in [-0.39, 0.29) is 17.1 Å². The number of carbonyl (C=O) groups excluding carboxylic acids is 1. The van der Waals surface area contributed by atoms with E-state index in [9.17, 15) is 19.1 Å². The first-order chi connectivity index (χ1) is 8.43. The average Bonchev–Trinajstić information content (AvgIpc) is 2.29. The van der Waals surface area contributed by atoms with Gasteiger partial charge in [0.15, 0.2) is 11.1 Å². The number of hydrogen-bond acceptors (Lipinski definition) is 5. The molecule has 0 bridgehead atoms. The third kappa shape index (κ3) is 4.06. The number of carbonyl (C=O) groups is 1. The van der Waals surface area contributed by atoms with Gasteiger partial charge in [0.2, 0.25) is 5.75 Å². The van der Waals surface area contributed by atoms with E-state index in [1.54, 1.807) is 0 Å². The molecule has 0 heterocycles. The minimum atomic E-state index is -2.11. The number of nitro groups is 1. The number of rotatable bonds is 5. The van der Waals surface area contributed by atoms with Crippen molar-refractivity contribution >= 4 is 34.3 Å². The van der Waals surface area contributed by atoms with Crippen LogP contribution in [0, 0.1) is 10.1 Å². The predicted molar refractivity (Wildman–Crippen MR) is 63.9 cm³/mol. The first-order valence-corrected chi connectivity index (χ1v) is 6.36. The summed E-state index contributed by atoms with van der Waals surface area (Å²) in [6, 6.07) is 3.62. The summed E-state index contributed by atoms with van der Waals surface area (Å²) in [4.78, 5) is 21.0. The maximum absolute atomic E-state index is 11.0. The molecule has 0 amide bonds. The van der Waals surface area contributed by atoms with Crippen molar-refractivity contribution in [3.8, 4) is 5.75 Å². The lowest BCUT2D eigenvalue weighted by Gasteiger charge is -2.04. The SMILES string of the molecule is O=C(CCl)Oc1ccc(CS(=O)O)cc1[N+](=O)[O-]. The fraction of sp³-hybridized carbons (Fsp3) is 0.222. The van der Waals surface area contributed by atoms with Gasteiger partial charge in [-0.1, -0.05) is 6.07 Å². The highest BCUT2D eigenvalue weighted by atomic mass is 35.5. The third-order valence-electron chi connectivity index (χ3n) is 1.84. The quantitative estimate of drug-likeness (QED) is 0.220. The van der Waals surface area contributed by atoms with Crippen LogP contribution in [0.15, 0.2) is 18.2 Å². The van der Waals surface area contributed by atoms with Crippen LogP contribution in [0.3, 0.4) is 0 Å². The summed E-state index contributed by atoms with van der Waals surface area (Å²) in [6.45, 7) is 0. The van der Waals surface area contributed by atoms with Crippen molar-refractivity contribution < 1.29 is 23.2 Å². The largest absolute Gasteiger partial charge is 0.418 e. The lowest BCUT2D eigenvalue weighted by molar-refractivity contribution is -0.385. The van der Waals surface area contributed by atoms with E-state index in [1.165, 1.54) is 12.1 Å². The maximum atomic E-state index is 11.0. The van der Waals surface area contributed by atoms with Gasteiger partial charge in [-0.3, -0.25) is 14.9 Å². The standard InChI is InChI=1S/C9H8ClNO6S/c10-4-9(12)17-8-2-1-6(5-18(15)16)3-7(8)11(13)14/h1-3H,4-5H2,(H,15,16). The molecule has 9 heteroatoms. The van der Waals surface area contributed by atoms with Gasteiger partial charge in [-0.15, -0.1) is 11.6 Å². The van der Waals surface area contributed by atoms with Crippen molar-refractivity contribution in [1.82, 2.24) is 0 Å². The van der Waals surface area contributed by atoms with E-state index >= 15 is 0 Å². The first-order valence-electron chi connectivity index (χ1n) is 4.55. The van der Waals surface area contributed by atoms with Crippen molar-refractivity contribution in [3.63, 3.8) is 0 Å². The van der Waals surface area contributed by atoms with Crippen molar-refractivity contribution in [1.29, 1.82) is 0 Å². The van der Waals surface area contributed by atoms with Gasteiger partial charge in [0.1, 0.15) is 5.88 Å². The smallest absolute Gasteiger partial charge is 0.326 e. The summed E-state index contributed by atoms with van der Waals surface area (Å²) in [5, 5.41) is 10.8. The van der Waals surface area contributed by atoms with Gasteiger partial charge in [0.05, 0.1) is 10.7 Å². The molecule has 0 aromatic heterocycles. The molecule has 1 aromatic carbocycles. The van der Waals surface area contributed by atoms with Crippen molar-refractivity contribution in [3.05, 3.63) is 33.9 Å². The van der Waals surface area contributed by atoms with Crippen LogP contribution in [0.25, 0.3) is 0 Å². The first kappa shape index (κ1) is 14.6. The lowest BCUT2D eigenvalue weighted by Crippen LogP contribution is -2.10. The molecule has 1 aromatic rings. The number of nitro benzene ring substituents is 1. The monoisotopic (exact) mass is 293 g/mol. The number of alkyl halides is 1. The van der Waals surface area contributed by atoms with Crippen LogP contribution in [0.5, 0.6) is 5.75 Å². The Hall–Kier alpha value is -1.51. The zero-order chi connectivity index (χ0) is 13.7. The van der Waals surface area contributed by atoms with Crippen molar-refractivity contribution in [2.75, 3.05) is 5.88 Å². The van der Waals surface area contributed by atoms with Crippen LogP contribution in [0.4, 0.5) is 5.69 Å². The van der Waals surface area contributed by atoms with Crippen LogP contribution < -0.4 is 4.74 Å². The molecule has 98 valence electrons. The normalized spacial score (nSPS) is 11.9. The second kappa shape index (κ2) is 6.43. The highest BCUT2D eigenvalue weighted by Crippen LogP contribution is 2.28. The highest BCUT2D eigenvalue weighted by molar-refractivity contribution is 7.78.